The van der Waals surface area contributed by atoms with Crippen LogP contribution in [0.25, 0.3) is 11.1 Å². The summed E-state index contributed by atoms with van der Waals surface area (Å²) in [5.41, 5.74) is 1.38. The molecule has 0 amide bonds. The minimum absolute atomic E-state index is 0.0136. The molecule has 0 saturated carbocycles. The van der Waals surface area contributed by atoms with E-state index in [1.807, 2.05) is 73.7 Å². The lowest BCUT2D eigenvalue weighted by atomic mass is 9.74. The second-order valence-corrected chi connectivity index (χ2v) is 19.0. The molecule has 0 spiro atoms. The third kappa shape index (κ3) is 4.98. The Bertz CT molecular complexity index is 2880. The maximum Gasteiger partial charge on any atom is 0.184 e. The average molecular weight is 728 g/mol. The first-order chi connectivity index (χ1) is 29.7. The zero-order valence-electron chi connectivity index (χ0n) is 39.8. The fourth-order valence-corrected chi connectivity index (χ4v) is 13.7. The topological polar surface area (TPSA) is 18.5 Å². The Kier molecular flexibility index (Phi) is 5.86. The van der Waals surface area contributed by atoms with Crippen molar-refractivity contribution in [2.45, 2.75) is 59.1 Å². The van der Waals surface area contributed by atoms with Gasteiger partial charge in [-0.25, -0.2) is 0 Å². The monoisotopic (exact) mass is 727 g/mol. The van der Waals surface area contributed by atoms with Gasteiger partial charge in [-0.05, 0) is 75.8 Å². The smallest absolute Gasteiger partial charge is 0.184 e. The van der Waals surface area contributed by atoms with Crippen LogP contribution in [0.2, 0.25) is 0 Å². The second-order valence-electron chi connectivity index (χ2n) is 15.2. The summed E-state index contributed by atoms with van der Waals surface area (Å²) >= 11 is 0. The van der Waals surface area contributed by atoms with Crippen molar-refractivity contribution in [3.05, 3.63) is 191 Å². The van der Waals surface area contributed by atoms with Crippen LogP contribution in [0.1, 0.15) is 78.9 Å². The van der Waals surface area contributed by atoms with Crippen LogP contribution in [-0.2, 0) is 10.8 Å². The highest BCUT2D eigenvalue weighted by Gasteiger charge is 2.47. The third-order valence-electron chi connectivity index (χ3n) is 11.6. The van der Waals surface area contributed by atoms with Gasteiger partial charge in [-0.15, -0.1) is 0 Å². The molecule has 2 nitrogen and oxygen atoms in total. The molecule has 54 heavy (non-hydrogen) atoms. The van der Waals surface area contributed by atoms with E-state index >= 15 is 0 Å². The van der Waals surface area contributed by atoms with E-state index in [9.17, 15) is 4.11 Å². The Hall–Kier alpha value is -5.64. The van der Waals surface area contributed by atoms with Crippen molar-refractivity contribution >= 4 is 28.8 Å². The third-order valence-corrected chi connectivity index (χ3v) is 16.4. The first kappa shape index (κ1) is 25.4. The van der Waals surface area contributed by atoms with Gasteiger partial charge in [0, 0.05) is 51.0 Å². The molecule has 0 saturated heterocycles. The number of hydrogen-bond donors (Lipinski definition) is 0. The molecule has 0 radical (unpaired) electrons. The van der Waals surface area contributed by atoms with Gasteiger partial charge in [0.1, 0.15) is 23.0 Å². The second kappa shape index (κ2) is 12.5. The molecule has 2 aliphatic rings. The summed E-state index contributed by atoms with van der Waals surface area (Å²) in [6, 6.07) is 48.1. The molecule has 0 aliphatic carbocycles. The molecule has 0 bridgehead atoms. The lowest BCUT2D eigenvalue weighted by molar-refractivity contribution is 0.419. The first-order valence-electron chi connectivity index (χ1n) is 22.8. The normalized spacial score (nSPS) is 19.7. The highest BCUT2D eigenvalue weighted by atomic mass is 28.3. The molecule has 1 unspecified atom stereocenters. The Balaban J connectivity index is 1.40. The van der Waals surface area contributed by atoms with Crippen molar-refractivity contribution in [3.63, 3.8) is 0 Å². The van der Waals surface area contributed by atoms with Gasteiger partial charge in [0.2, 0.25) is 0 Å². The molecule has 0 N–H and O–H groups in total. The zero-order chi connectivity index (χ0) is 44.9. The van der Waals surface area contributed by atoms with Crippen molar-refractivity contribution in [2.24, 2.45) is 0 Å². The summed E-state index contributed by atoms with van der Waals surface area (Å²) < 4.78 is 94.2. The van der Waals surface area contributed by atoms with Crippen LogP contribution in [0.5, 0.6) is 23.0 Å². The van der Waals surface area contributed by atoms with Gasteiger partial charge in [0.25, 0.3) is 0 Å². The van der Waals surface area contributed by atoms with E-state index in [2.05, 4.69) is 62.4 Å². The number of benzene rings is 7. The van der Waals surface area contributed by atoms with Gasteiger partial charge < -0.3 is 9.47 Å². The Morgan fingerprint density at radius 2 is 1.13 bits per heavy atom. The zero-order valence-corrected chi connectivity index (χ0v) is 31.8. The minimum Gasteiger partial charge on any atom is -0.457 e. The minimum atomic E-state index is -3.57. The summed E-state index contributed by atoms with van der Waals surface area (Å²) in [5, 5.41) is 3.63. The number of fused-ring (bicyclic) bond motifs is 4. The van der Waals surface area contributed by atoms with Crippen LogP contribution in [0, 0.1) is 20.6 Å². The summed E-state index contributed by atoms with van der Waals surface area (Å²) in [7, 11) is -3.57. The van der Waals surface area contributed by atoms with Gasteiger partial charge in [-0.2, -0.15) is 0 Å². The van der Waals surface area contributed by atoms with E-state index in [0.717, 1.165) is 43.2 Å². The van der Waals surface area contributed by atoms with Crippen LogP contribution < -0.4 is 30.2 Å². The van der Waals surface area contributed by atoms with E-state index < -0.39 is 39.5 Å². The fourth-order valence-electron chi connectivity index (χ4n) is 8.83. The predicted octanol–water partition coefficient (Wildman–Crippen LogP) is 10.5. The molecule has 0 aromatic heterocycles. The quantitative estimate of drug-likeness (QED) is 0.130. The number of aryl methyl sites for hydroxylation is 3. The number of rotatable bonds is 5. The van der Waals surface area contributed by atoms with Crippen LogP contribution >= 0.6 is 0 Å². The first-order valence-corrected chi connectivity index (χ1v) is 20.3. The standard InChI is InChI=1S/C51H46O2Si/c1-33-25-29-41-45(31-33)53-49-43(51(41,6)7)30-26-34(2)47(49)39-28-27-38(32-35(39)3)54(36-17-10-8-11-18-36,37-19-12-9-13-20-37)46-24-16-22-42-48(46)52-44-23-15-14-21-40(44)50(42,4)5/h8-32H,1-7H3/i2D3,3D3,6D3. The van der Waals surface area contributed by atoms with Gasteiger partial charge in [-0.3, -0.25) is 0 Å². The molecule has 9 rings (SSSR count). The Morgan fingerprint density at radius 1 is 0.500 bits per heavy atom. The van der Waals surface area contributed by atoms with Crippen LogP contribution in [0.15, 0.2) is 152 Å². The maximum atomic E-state index is 9.20. The average Bonchev–Trinajstić information content (AvgIpc) is 3.23. The van der Waals surface area contributed by atoms with Gasteiger partial charge in [0.15, 0.2) is 8.07 Å². The van der Waals surface area contributed by atoms with Crippen molar-refractivity contribution in [1.82, 2.24) is 0 Å². The van der Waals surface area contributed by atoms with Crippen molar-refractivity contribution in [3.8, 4) is 34.1 Å². The molecule has 266 valence electrons. The molecule has 0 fully saturated rings. The van der Waals surface area contributed by atoms with Crippen LogP contribution in [0.3, 0.4) is 0 Å². The maximum absolute atomic E-state index is 9.20. The van der Waals surface area contributed by atoms with E-state index in [4.69, 9.17) is 17.7 Å². The molecule has 1 atom stereocenters. The van der Waals surface area contributed by atoms with Crippen molar-refractivity contribution < 1.29 is 21.8 Å². The van der Waals surface area contributed by atoms with E-state index in [0.29, 0.717) is 11.3 Å². The fraction of sp³-hybridized carbons (Fsp3) is 0.176. The van der Waals surface area contributed by atoms with E-state index in [1.54, 1.807) is 31.2 Å². The molecular weight excluding hydrogens is 673 g/mol. The lowest BCUT2D eigenvalue weighted by Crippen LogP contribution is -2.75. The summed E-state index contributed by atoms with van der Waals surface area (Å²) in [4.78, 5) is 0. The van der Waals surface area contributed by atoms with E-state index in [1.165, 1.54) is 12.1 Å². The van der Waals surface area contributed by atoms with Crippen LogP contribution in [-0.4, -0.2) is 8.07 Å². The number of para-hydroxylation sites is 2. The molecule has 3 heteroatoms. The lowest BCUT2D eigenvalue weighted by Gasteiger charge is -2.40. The highest BCUT2D eigenvalue weighted by Crippen LogP contribution is 2.53. The largest absolute Gasteiger partial charge is 0.457 e. The number of hydrogen-bond acceptors (Lipinski definition) is 2. The van der Waals surface area contributed by atoms with Gasteiger partial charge in [0.05, 0.1) is 0 Å². The highest BCUT2D eigenvalue weighted by molar-refractivity contribution is 7.20. The molecule has 2 aliphatic heterocycles. The SMILES string of the molecule is [2H]C([2H])([2H])c1cc([Si](c2ccccc2)(c2ccccc2)c2cccc3c2Oc2ccccc2C3(C)C)ccc1-c1c(C([2H])([2H])[2H])ccc2c1Oc1cc(C)ccc1C2(C)C([2H])([2H])[2H]. The number of ether oxygens (including phenoxy) is 2. The van der Waals surface area contributed by atoms with Crippen LogP contribution in [0.4, 0.5) is 0 Å². The molecular formula is C51H46O2Si. The van der Waals surface area contributed by atoms with Crippen molar-refractivity contribution in [2.75, 3.05) is 0 Å². The van der Waals surface area contributed by atoms with Gasteiger partial charge >= 0.3 is 0 Å². The van der Waals surface area contributed by atoms with Crippen molar-refractivity contribution in [1.29, 1.82) is 0 Å². The molecule has 7 aromatic rings. The molecule has 7 aromatic carbocycles. The Labute approximate surface area is 333 Å². The van der Waals surface area contributed by atoms with Gasteiger partial charge in [-0.1, -0.05) is 167 Å². The summed E-state index contributed by atoms with van der Waals surface area (Å²) in [6.07, 6.45) is 0. The Morgan fingerprint density at radius 3 is 1.85 bits per heavy atom. The predicted molar refractivity (Wildman–Crippen MR) is 227 cm³/mol. The summed E-state index contributed by atoms with van der Waals surface area (Å²) in [5.74, 6) is 1.75. The van der Waals surface area contributed by atoms with E-state index in [-0.39, 0.29) is 39.3 Å². The molecule has 2 heterocycles. The summed E-state index contributed by atoms with van der Waals surface area (Å²) in [6.45, 7) is -0.266.